The maximum Gasteiger partial charge on any atom is 0.266 e. The van der Waals surface area contributed by atoms with Gasteiger partial charge in [-0.25, -0.2) is 0 Å². The quantitative estimate of drug-likeness (QED) is 0.625. The summed E-state index contributed by atoms with van der Waals surface area (Å²) < 4.78 is 5.07. The molecule has 0 aliphatic carbocycles. The first-order valence-corrected chi connectivity index (χ1v) is 7.73. The van der Waals surface area contributed by atoms with Crippen LogP contribution in [0.15, 0.2) is 42.0 Å². The molecule has 0 heterocycles. The van der Waals surface area contributed by atoms with Gasteiger partial charge in [0.2, 0.25) is 0 Å². The third kappa shape index (κ3) is 4.08. The van der Waals surface area contributed by atoms with Gasteiger partial charge in [0.25, 0.3) is 5.91 Å². The van der Waals surface area contributed by atoms with Crippen LogP contribution < -0.4 is 10.1 Å². The van der Waals surface area contributed by atoms with E-state index < -0.39 is 5.91 Å². The van der Waals surface area contributed by atoms with Crippen LogP contribution in [-0.4, -0.2) is 13.0 Å². The molecule has 0 saturated heterocycles. The van der Waals surface area contributed by atoms with E-state index in [4.69, 9.17) is 27.9 Å². The summed E-state index contributed by atoms with van der Waals surface area (Å²) in [6, 6.07) is 12.3. The fraction of sp³-hybridized carbons (Fsp3) is 0.111. The van der Waals surface area contributed by atoms with Gasteiger partial charge in [0.15, 0.2) is 5.75 Å². The lowest BCUT2D eigenvalue weighted by atomic mass is 10.1. The third-order valence-corrected chi connectivity index (χ3v) is 3.86. The number of benzene rings is 2. The lowest BCUT2D eigenvalue weighted by Gasteiger charge is -2.08. The zero-order chi connectivity index (χ0) is 17.7. The first-order valence-electron chi connectivity index (χ1n) is 6.98. The number of aryl methyl sites for hydroxylation is 1. The van der Waals surface area contributed by atoms with E-state index >= 15 is 0 Å². The molecule has 0 bridgehead atoms. The molecule has 0 saturated carbocycles. The first kappa shape index (κ1) is 17.9. The number of carbonyl (C=O) groups excluding carboxylic acids is 1. The molecule has 4 nitrogen and oxygen atoms in total. The number of anilines is 1. The van der Waals surface area contributed by atoms with Crippen molar-refractivity contribution in [1.82, 2.24) is 0 Å². The summed E-state index contributed by atoms with van der Waals surface area (Å²) in [6.45, 7) is 1.87. The normalized spacial score (nSPS) is 10.9. The molecule has 2 rings (SSSR count). The van der Waals surface area contributed by atoms with Gasteiger partial charge < -0.3 is 10.1 Å². The van der Waals surface area contributed by atoms with E-state index in [1.165, 1.54) is 13.2 Å². The molecule has 0 unspecified atom stereocenters. The van der Waals surface area contributed by atoms with Crippen LogP contribution in [0.3, 0.4) is 0 Å². The minimum absolute atomic E-state index is 0.0597. The number of halogens is 2. The number of hydrogen-bond donors (Lipinski definition) is 1. The van der Waals surface area contributed by atoms with Crippen LogP contribution in [0, 0.1) is 18.3 Å². The van der Waals surface area contributed by atoms with Gasteiger partial charge in [0, 0.05) is 5.69 Å². The predicted molar refractivity (Wildman–Crippen MR) is 96.4 cm³/mol. The lowest BCUT2D eigenvalue weighted by molar-refractivity contribution is -0.112. The third-order valence-electron chi connectivity index (χ3n) is 3.29. The molecular weight excluding hydrogens is 347 g/mol. The average Bonchev–Trinajstić information content (AvgIpc) is 2.54. The number of nitrogens with one attached hydrogen (secondary N) is 1. The van der Waals surface area contributed by atoms with Crippen molar-refractivity contribution < 1.29 is 9.53 Å². The highest BCUT2D eigenvalue weighted by Gasteiger charge is 2.13. The Morgan fingerprint density at radius 1 is 1.25 bits per heavy atom. The molecule has 24 heavy (non-hydrogen) atoms. The Kier molecular flexibility index (Phi) is 5.86. The molecule has 6 heteroatoms. The summed E-state index contributed by atoms with van der Waals surface area (Å²) >= 11 is 12.1. The first-order chi connectivity index (χ1) is 11.5. The molecule has 0 aromatic heterocycles. The number of methoxy groups -OCH3 is 1. The largest absolute Gasteiger partial charge is 0.494 e. The number of amides is 1. The van der Waals surface area contributed by atoms with Crippen LogP contribution in [0.1, 0.15) is 11.1 Å². The highest BCUT2D eigenvalue weighted by molar-refractivity contribution is 6.37. The van der Waals surface area contributed by atoms with Gasteiger partial charge >= 0.3 is 0 Å². The summed E-state index contributed by atoms with van der Waals surface area (Å²) in [6.07, 6.45) is 1.42. The minimum Gasteiger partial charge on any atom is -0.494 e. The van der Waals surface area contributed by atoms with Crippen molar-refractivity contribution in [2.75, 3.05) is 12.4 Å². The molecule has 0 aliphatic rings. The van der Waals surface area contributed by atoms with E-state index in [2.05, 4.69) is 5.32 Å². The van der Waals surface area contributed by atoms with Gasteiger partial charge in [-0.15, -0.1) is 0 Å². The average molecular weight is 361 g/mol. The minimum atomic E-state index is -0.505. The van der Waals surface area contributed by atoms with Gasteiger partial charge in [-0.05, 0) is 42.3 Å². The Morgan fingerprint density at radius 2 is 1.88 bits per heavy atom. The maximum atomic E-state index is 12.3. The molecule has 2 aromatic rings. The van der Waals surface area contributed by atoms with E-state index in [0.717, 1.165) is 5.56 Å². The van der Waals surface area contributed by atoms with Crippen LogP contribution in [0.25, 0.3) is 6.08 Å². The van der Waals surface area contributed by atoms with E-state index in [9.17, 15) is 10.1 Å². The standard InChI is InChI=1S/C18H14Cl2N2O2/c1-11-5-3-4-6-16(11)22-18(23)13(10-21)7-12-8-14(19)17(24-2)15(20)9-12/h3-9H,1-2H3,(H,22,23)/b13-7-. The number of nitriles is 1. The molecule has 0 spiro atoms. The number of ether oxygens (including phenoxy) is 1. The smallest absolute Gasteiger partial charge is 0.266 e. The topological polar surface area (TPSA) is 62.1 Å². The molecule has 2 aromatic carbocycles. The van der Waals surface area contributed by atoms with Gasteiger partial charge in [-0.1, -0.05) is 41.4 Å². The fourth-order valence-electron chi connectivity index (χ4n) is 2.08. The van der Waals surface area contributed by atoms with Crippen LogP contribution in [0.5, 0.6) is 5.75 Å². The Labute approximate surface area is 150 Å². The summed E-state index contributed by atoms with van der Waals surface area (Å²) in [4.78, 5) is 12.3. The van der Waals surface area contributed by atoms with E-state index in [1.807, 2.05) is 25.1 Å². The predicted octanol–water partition coefficient (Wildman–Crippen LogP) is 4.86. The lowest BCUT2D eigenvalue weighted by Crippen LogP contribution is -2.14. The summed E-state index contributed by atoms with van der Waals surface area (Å²) in [5.41, 5.74) is 2.02. The number of carbonyl (C=O) groups is 1. The van der Waals surface area contributed by atoms with E-state index in [-0.39, 0.29) is 5.57 Å². The molecule has 0 fully saturated rings. The SMILES string of the molecule is COc1c(Cl)cc(/C=C(/C#N)C(=O)Nc2ccccc2C)cc1Cl. The van der Waals surface area contributed by atoms with Gasteiger partial charge in [-0.3, -0.25) is 4.79 Å². The van der Waals surface area contributed by atoms with Crippen LogP contribution in [-0.2, 0) is 4.79 Å². The van der Waals surface area contributed by atoms with Crippen molar-refractivity contribution in [2.24, 2.45) is 0 Å². The molecule has 1 N–H and O–H groups in total. The molecule has 1 amide bonds. The number of hydrogen-bond acceptors (Lipinski definition) is 3. The van der Waals surface area contributed by atoms with Crippen molar-refractivity contribution in [3.05, 3.63) is 63.1 Å². The van der Waals surface area contributed by atoms with Crippen molar-refractivity contribution in [1.29, 1.82) is 5.26 Å². The van der Waals surface area contributed by atoms with Gasteiger partial charge in [-0.2, -0.15) is 5.26 Å². The van der Waals surface area contributed by atoms with Gasteiger partial charge in [0.05, 0.1) is 17.2 Å². The zero-order valence-electron chi connectivity index (χ0n) is 13.1. The number of rotatable bonds is 4. The summed E-state index contributed by atoms with van der Waals surface area (Å²) in [5, 5.41) is 12.6. The second kappa shape index (κ2) is 7.87. The molecule has 0 aliphatic heterocycles. The van der Waals surface area contributed by atoms with Crippen molar-refractivity contribution in [2.45, 2.75) is 6.92 Å². The molecule has 0 radical (unpaired) electrons. The van der Waals surface area contributed by atoms with E-state index in [1.54, 1.807) is 24.3 Å². The van der Waals surface area contributed by atoms with Crippen molar-refractivity contribution in [3.8, 4) is 11.8 Å². The highest BCUT2D eigenvalue weighted by Crippen LogP contribution is 2.34. The summed E-state index contributed by atoms with van der Waals surface area (Å²) in [5.74, 6) is -0.159. The van der Waals surface area contributed by atoms with Crippen LogP contribution in [0.2, 0.25) is 10.0 Å². The molecular formula is C18H14Cl2N2O2. The van der Waals surface area contributed by atoms with E-state index in [0.29, 0.717) is 27.0 Å². The summed E-state index contributed by atoms with van der Waals surface area (Å²) in [7, 11) is 1.46. The molecule has 0 atom stereocenters. The Hall–Kier alpha value is -2.48. The van der Waals surface area contributed by atoms with Crippen LogP contribution >= 0.6 is 23.2 Å². The molecule has 122 valence electrons. The Bertz CT molecular complexity index is 831. The Balaban J connectivity index is 2.31. The van der Waals surface area contributed by atoms with Crippen molar-refractivity contribution >= 4 is 40.9 Å². The second-order valence-electron chi connectivity index (χ2n) is 4.96. The maximum absolute atomic E-state index is 12.3. The second-order valence-corrected chi connectivity index (χ2v) is 5.77. The fourth-order valence-corrected chi connectivity index (χ4v) is 2.73. The van der Waals surface area contributed by atoms with Crippen LogP contribution in [0.4, 0.5) is 5.69 Å². The highest BCUT2D eigenvalue weighted by atomic mass is 35.5. The Morgan fingerprint density at radius 3 is 2.42 bits per heavy atom. The number of para-hydroxylation sites is 1. The van der Waals surface area contributed by atoms with Gasteiger partial charge in [0.1, 0.15) is 11.6 Å². The van der Waals surface area contributed by atoms with Crippen molar-refractivity contribution in [3.63, 3.8) is 0 Å². The monoisotopic (exact) mass is 360 g/mol. The zero-order valence-corrected chi connectivity index (χ0v) is 14.6. The number of nitrogens with zero attached hydrogens (tertiary/aromatic N) is 1.